The van der Waals surface area contributed by atoms with Gasteiger partial charge in [0.25, 0.3) is 0 Å². The van der Waals surface area contributed by atoms with Crippen LogP contribution in [0.1, 0.15) is 18.4 Å². The van der Waals surface area contributed by atoms with Gasteiger partial charge in [0.05, 0.1) is 6.20 Å². The summed E-state index contributed by atoms with van der Waals surface area (Å²) >= 11 is 0. The van der Waals surface area contributed by atoms with Gasteiger partial charge in [0, 0.05) is 38.8 Å². The van der Waals surface area contributed by atoms with Crippen LogP contribution in [0.15, 0.2) is 12.4 Å². The lowest BCUT2D eigenvalue weighted by molar-refractivity contribution is -0.125. The molecule has 0 atom stereocenters. The van der Waals surface area contributed by atoms with Crippen LogP contribution in [0.4, 0.5) is 0 Å². The zero-order valence-corrected chi connectivity index (χ0v) is 8.98. The van der Waals surface area contributed by atoms with Gasteiger partial charge in [0.2, 0.25) is 0 Å². The van der Waals surface area contributed by atoms with E-state index in [0.717, 1.165) is 31.6 Å². The minimum Gasteiger partial charge on any atom is -0.381 e. The number of ketones is 1. The lowest BCUT2D eigenvalue weighted by Crippen LogP contribution is -2.24. The molecule has 0 radical (unpaired) electrons. The molecule has 4 nitrogen and oxygen atoms in total. The number of carbonyl (C=O) groups is 1. The minimum atomic E-state index is 0.193. The molecular weight excluding hydrogens is 192 g/mol. The maximum absolute atomic E-state index is 11.9. The number of aromatic nitrogens is 2. The van der Waals surface area contributed by atoms with E-state index in [0.29, 0.717) is 12.2 Å². The monoisotopic (exact) mass is 208 g/mol. The molecule has 82 valence electrons. The Balaban J connectivity index is 1.91. The van der Waals surface area contributed by atoms with Crippen LogP contribution in [-0.2, 0) is 23.0 Å². The van der Waals surface area contributed by atoms with Crippen molar-refractivity contribution >= 4 is 5.78 Å². The quantitative estimate of drug-likeness (QED) is 0.743. The van der Waals surface area contributed by atoms with Crippen LogP contribution in [0.5, 0.6) is 0 Å². The maximum atomic E-state index is 11.9. The van der Waals surface area contributed by atoms with E-state index in [-0.39, 0.29) is 5.92 Å². The summed E-state index contributed by atoms with van der Waals surface area (Å²) in [5, 5.41) is 4.05. The zero-order chi connectivity index (χ0) is 10.7. The molecule has 0 amide bonds. The number of aryl methyl sites for hydroxylation is 1. The Hall–Kier alpha value is -1.16. The van der Waals surface area contributed by atoms with Crippen LogP contribution in [0, 0.1) is 5.92 Å². The van der Waals surface area contributed by atoms with E-state index >= 15 is 0 Å². The smallest absolute Gasteiger partial charge is 0.140 e. The van der Waals surface area contributed by atoms with Crippen molar-refractivity contribution in [3.8, 4) is 0 Å². The fraction of sp³-hybridized carbons (Fsp3) is 0.636. The molecule has 0 aliphatic carbocycles. The Morgan fingerprint density at radius 1 is 1.60 bits per heavy atom. The van der Waals surface area contributed by atoms with Gasteiger partial charge in [-0.3, -0.25) is 9.48 Å². The van der Waals surface area contributed by atoms with Crippen molar-refractivity contribution in [2.24, 2.45) is 13.0 Å². The highest BCUT2D eigenvalue weighted by molar-refractivity contribution is 5.83. The first-order chi connectivity index (χ1) is 7.25. The summed E-state index contributed by atoms with van der Waals surface area (Å²) in [6.45, 7) is 1.45. The third-order valence-electron chi connectivity index (χ3n) is 2.81. The second kappa shape index (κ2) is 4.57. The molecular formula is C11H16N2O2. The standard InChI is InChI=1S/C11H16N2O2/c1-13-8-9(7-12-13)6-11(14)10-2-4-15-5-3-10/h7-8,10H,2-6H2,1H3. The molecule has 0 spiro atoms. The van der Waals surface area contributed by atoms with Crippen molar-refractivity contribution in [2.75, 3.05) is 13.2 Å². The average Bonchev–Trinajstić information content (AvgIpc) is 2.65. The fourth-order valence-electron chi connectivity index (χ4n) is 1.93. The van der Waals surface area contributed by atoms with Gasteiger partial charge in [-0.2, -0.15) is 5.10 Å². The highest BCUT2D eigenvalue weighted by Crippen LogP contribution is 2.17. The number of nitrogens with zero attached hydrogens (tertiary/aromatic N) is 2. The highest BCUT2D eigenvalue weighted by Gasteiger charge is 2.21. The molecule has 1 aliphatic rings. The second-order valence-electron chi connectivity index (χ2n) is 4.05. The summed E-state index contributed by atoms with van der Waals surface area (Å²) in [6.07, 6.45) is 5.92. The summed E-state index contributed by atoms with van der Waals surface area (Å²) in [5.41, 5.74) is 1.01. The molecule has 1 aromatic rings. The van der Waals surface area contributed by atoms with Gasteiger partial charge < -0.3 is 4.74 Å². The van der Waals surface area contributed by atoms with Gasteiger partial charge >= 0.3 is 0 Å². The van der Waals surface area contributed by atoms with Crippen LogP contribution in [-0.4, -0.2) is 28.8 Å². The van der Waals surface area contributed by atoms with E-state index in [1.807, 2.05) is 13.2 Å². The van der Waals surface area contributed by atoms with E-state index in [4.69, 9.17) is 4.74 Å². The van der Waals surface area contributed by atoms with Crippen LogP contribution < -0.4 is 0 Å². The van der Waals surface area contributed by atoms with Crippen molar-refractivity contribution in [1.29, 1.82) is 0 Å². The van der Waals surface area contributed by atoms with Crippen LogP contribution >= 0.6 is 0 Å². The third kappa shape index (κ3) is 2.65. The topological polar surface area (TPSA) is 44.1 Å². The second-order valence-corrected chi connectivity index (χ2v) is 4.05. The van der Waals surface area contributed by atoms with Crippen molar-refractivity contribution < 1.29 is 9.53 Å². The number of hydrogen-bond acceptors (Lipinski definition) is 3. The number of Topliss-reactive ketones (excluding diaryl/α,β-unsaturated/α-hetero) is 1. The fourth-order valence-corrected chi connectivity index (χ4v) is 1.93. The first-order valence-corrected chi connectivity index (χ1v) is 5.33. The first-order valence-electron chi connectivity index (χ1n) is 5.33. The molecule has 2 heterocycles. The molecule has 0 N–H and O–H groups in total. The van der Waals surface area contributed by atoms with Crippen LogP contribution in [0.25, 0.3) is 0 Å². The number of rotatable bonds is 3. The van der Waals surface area contributed by atoms with Gasteiger partial charge in [-0.25, -0.2) is 0 Å². The number of carbonyl (C=O) groups excluding carboxylic acids is 1. The first kappa shape index (κ1) is 10.4. The Morgan fingerprint density at radius 3 is 2.93 bits per heavy atom. The molecule has 4 heteroatoms. The van der Waals surface area contributed by atoms with E-state index in [1.165, 1.54) is 0 Å². The van der Waals surface area contributed by atoms with Crippen molar-refractivity contribution in [2.45, 2.75) is 19.3 Å². The normalized spacial score (nSPS) is 17.9. The lowest BCUT2D eigenvalue weighted by Gasteiger charge is -2.20. The molecule has 0 saturated carbocycles. The average molecular weight is 208 g/mol. The summed E-state index contributed by atoms with van der Waals surface area (Å²) in [7, 11) is 1.86. The predicted molar refractivity (Wildman–Crippen MR) is 55.5 cm³/mol. The summed E-state index contributed by atoms with van der Waals surface area (Å²) in [5.74, 6) is 0.519. The molecule has 1 fully saturated rings. The van der Waals surface area contributed by atoms with Crippen molar-refractivity contribution in [3.05, 3.63) is 18.0 Å². The minimum absolute atomic E-state index is 0.193. The van der Waals surface area contributed by atoms with E-state index in [1.54, 1.807) is 10.9 Å². The van der Waals surface area contributed by atoms with Gasteiger partial charge in [0.1, 0.15) is 5.78 Å². The molecule has 0 unspecified atom stereocenters. The summed E-state index contributed by atoms with van der Waals surface area (Å²) in [6, 6.07) is 0. The lowest BCUT2D eigenvalue weighted by atomic mass is 9.92. The van der Waals surface area contributed by atoms with E-state index in [2.05, 4.69) is 5.10 Å². The zero-order valence-electron chi connectivity index (χ0n) is 8.98. The molecule has 15 heavy (non-hydrogen) atoms. The Morgan fingerprint density at radius 2 is 2.33 bits per heavy atom. The molecule has 0 bridgehead atoms. The van der Waals surface area contributed by atoms with E-state index in [9.17, 15) is 4.79 Å². The maximum Gasteiger partial charge on any atom is 0.140 e. The molecule has 1 aliphatic heterocycles. The van der Waals surface area contributed by atoms with Gasteiger partial charge in [-0.05, 0) is 18.4 Å². The van der Waals surface area contributed by atoms with Gasteiger partial charge in [-0.1, -0.05) is 0 Å². The Kier molecular flexibility index (Phi) is 3.16. The number of hydrogen-bond donors (Lipinski definition) is 0. The van der Waals surface area contributed by atoms with Crippen molar-refractivity contribution in [1.82, 2.24) is 9.78 Å². The Bertz CT molecular complexity index is 340. The van der Waals surface area contributed by atoms with Gasteiger partial charge in [0.15, 0.2) is 0 Å². The van der Waals surface area contributed by atoms with Crippen molar-refractivity contribution in [3.63, 3.8) is 0 Å². The summed E-state index contributed by atoms with van der Waals surface area (Å²) in [4.78, 5) is 11.9. The summed E-state index contributed by atoms with van der Waals surface area (Å²) < 4.78 is 6.96. The third-order valence-corrected chi connectivity index (χ3v) is 2.81. The van der Waals surface area contributed by atoms with Crippen LogP contribution in [0.2, 0.25) is 0 Å². The van der Waals surface area contributed by atoms with Crippen LogP contribution in [0.3, 0.4) is 0 Å². The predicted octanol–water partition coefficient (Wildman–Crippen LogP) is 0.958. The molecule has 1 saturated heterocycles. The van der Waals surface area contributed by atoms with Gasteiger partial charge in [-0.15, -0.1) is 0 Å². The SMILES string of the molecule is Cn1cc(CC(=O)C2CCOCC2)cn1. The Labute approximate surface area is 89.2 Å². The highest BCUT2D eigenvalue weighted by atomic mass is 16.5. The molecule has 0 aromatic carbocycles. The molecule has 2 rings (SSSR count). The van der Waals surface area contributed by atoms with E-state index < -0.39 is 0 Å². The largest absolute Gasteiger partial charge is 0.381 e. The molecule has 1 aromatic heterocycles. The number of ether oxygens (including phenoxy) is 1.